The number of nitrogen functional groups attached to an aromatic ring is 1. The molecular formula is C17H13N3O. The van der Waals surface area contributed by atoms with Gasteiger partial charge in [-0.15, -0.1) is 0 Å². The summed E-state index contributed by atoms with van der Waals surface area (Å²) in [5, 5.41) is 2.11. The van der Waals surface area contributed by atoms with Crippen molar-refractivity contribution in [2.24, 2.45) is 0 Å². The number of anilines is 2. The standard InChI is InChI=1S/C17H13N3O/c18-12-7-8-19-13(9-12)10-20-15-6-2-4-11-3-1-5-14(16(11)15)17(20)21/h1-9H,10H2,(H2,18,19). The summed E-state index contributed by atoms with van der Waals surface area (Å²) < 4.78 is 0. The molecule has 0 spiro atoms. The fourth-order valence-corrected chi connectivity index (χ4v) is 2.88. The van der Waals surface area contributed by atoms with E-state index in [1.807, 2.05) is 36.4 Å². The molecule has 3 aromatic rings. The highest BCUT2D eigenvalue weighted by molar-refractivity contribution is 6.24. The Balaban J connectivity index is 1.82. The number of aromatic nitrogens is 1. The van der Waals surface area contributed by atoms with Gasteiger partial charge in [0.15, 0.2) is 0 Å². The Morgan fingerprint density at radius 1 is 1.10 bits per heavy atom. The third-order valence-electron chi connectivity index (χ3n) is 3.81. The second-order valence-electron chi connectivity index (χ2n) is 5.15. The summed E-state index contributed by atoms with van der Waals surface area (Å²) in [7, 11) is 0. The van der Waals surface area contributed by atoms with Gasteiger partial charge in [0, 0.05) is 22.8 Å². The van der Waals surface area contributed by atoms with Crippen molar-refractivity contribution in [3.05, 3.63) is 66.0 Å². The Hall–Kier alpha value is -2.88. The van der Waals surface area contributed by atoms with Gasteiger partial charge >= 0.3 is 0 Å². The summed E-state index contributed by atoms with van der Waals surface area (Å²) in [5.74, 6) is 0.0195. The van der Waals surface area contributed by atoms with Gasteiger partial charge in [-0.3, -0.25) is 9.78 Å². The first-order chi connectivity index (χ1) is 10.2. The minimum Gasteiger partial charge on any atom is -0.399 e. The van der Waals surface area contributed by atoms with E-state index in [-0.39, 0.29) is 5.91 Å². The molecule has 2 N–H and O–H groups in total. The van der Waals surface area contributed by atoms with Crippen LogP contribution in [0.4, 0.5) is 11.4 Å². The average Bonchev–Trinajstić information content (AvgIpc) is 2.76. The van der Waals surface area contributed by atoms with Gasteiger partial charge in [0.05, 0.1) is 17.9 Å². The van der Waals surface area contributed by atoms with Gasteiger partial charge in [-0.1, -0.05) is 24.3 Å². The number of pyridine rings is 1. The lowest BCUT2D eigenvalue weighted by molar-refractivity contribution is 0.0991. The molecule has 21 heavy (non-hydrogen) atoms. The Morgan fingerprint density at radius 2 is 1.90 bits per heavy atom. The maximum atomic E-state index is 12.6. The van der Waals surface area contributed by atoms with E-state index in [9.17, 15) is 4.79 Å². The molecule has 1 aliphatic rings. The molecule has 2 heterocycles. The van der Waals surface area contributed by atoms with Gasteiger partial charge in [0.1, 0.15) is 0 Å². The Labute approximate surface area is 121 Å². The smallest absolute Gasteiger partial charge is 0.259 e. The van der Waals surface area contributed by atoms with E-state index >= 15 is 0 Å². The van der Waals surface area contributed by atoms with E-state index in [4.69, 9.17) is 5.73 Å². The van der Waals surface area contributed by atoms with Gasteiger partial charge in [0.25, 0.3) is 5.91 Å². The first-order valence-electron chi connectivity index (χ1n) is 6.78. The van der Waals surface area contributed by atoms with Crippen molar-refractivity contribution in [3.63, 3.8) is 0 Å². The van der Waals surface area contributed by atoms with Gasteiger partial charge < -0.3 is 10.6 Å². The lowest BCUT2D eigenvalue weighted by atomic mass is 10.1. The van der Waals surface area contributed by atoms with E-state index in [0.717, 1.165) is 27.7 Å². The maximum absolute atomic E-state index is 12.6. The van der Waals surface area contributed by atoms with Crippen LogP contribution < -0.4 is 10.6 Å². The molecule has 0 fully saturated rings. The Morgan fingerprint density at radius 3 is 2.71 bits per heavy atom. The number of carbonyl (C=O) groups is 1. The van der Waals surface area contributed by atoms with Crippen LogP contribution in [0.3, 0.4) is 0 Å². The van der Waals surface area contributed by atoms with Crippen molar-refractivity contribution >= 4 is 28.1 Å². The van der Waals surface area contributed by atoms with Crippen LogP contribution in [0.15, 0.2) is 54.7 Å². The Bertz CT molecular complexity index is 868. The van der Waals surface area contributed by atoms with E-state index in [1.165, 1.54) is 0 Å². The molecule has 4 rings (SSSR count). The molecule has 4 nitrogen and oxygen atoms in total. The van der Waals surface area contributed by atoms with Gasteiger partial charge in [-0.2, -0.15) is 0 Å². The molecule has 1 aromatic heterocycles. The predicted molar refractivity (Wildman–Crippen MR) is 83.1 cm³/mol. The van der Waals surface area contributed by atoms with Crippen LogP contribution in [0, 0.1) is 0 Å². The van der Waals surface area contributed by atoms with Crippen LogP contribution in [0.2, 0.25) is 0 Å². The summed E-state index contributed by atoms with van der Waals surface area (Å²) >= 11 is 0. The Kier molecular flexibility index (Phi) is 2.44. The van der Waals surface area contributed by atoms with Crippen molar-refractivity contribution < 1.29 is 4.79 Å². The van der Waals surface area contributed by atoms with Crippen molar-refractivity contribution in [2.75, 3.05) is 10.6 Å². The molecule has 1 aliphatic heterocycles. The number of hydrogen-bond acceptors (Lipinski definition) is 3. The second kappa shape index (κ2) is 4.31. The average molecular weight is 275 g/mol. The molecule has 4 heteroatoms. The van der Waals surface area contributed by atoms with Crippen LogP contribution >= 0.6 is 0 Å². The topological polar surface area (TPSA) is 59.2 Å². The van der Waals surface area contributed by atoms with Gasteiger partial charge in [0.2, 0.25) is 0 Å². The summed E-state index contributed by atoms with van der Waals surface area (Å²) in [6.45, 7) is 0.428. The monoisotopic (exact) mass is 275 g/mol. The molecule has 1 amide bonds. The SMILES string of the molecule is Nc1ccnc(CN2C(=O)c3cccc4cccc2c34)c1. The minimum absolute atomic E-state index is 0.0195. The zero-order chi connectivity index (χ0) is 14.4. The van der Waals surface area contributed by atoms with Crippen molar-refractivity contribution in [1.29, 1.82) is 0 Å². The number of nitrogens with two attached hydrogens (primary N) is 1. The van der Waals surface area contributed by atoms with E-state index in [2.05, 4.69) is 4.98 Å². The van der Waals surface area contributed by atoms with Crippen LogP contribution in [0.25, 0.3) is 10.8 Å². The first-order valence-corrected chi connectivity index (χ1v) is 6.78. The minimum atomic E-state index is 0.0195. The maximum Gasteiger partial charge on any atom is 0.259 e. The molecule has 0 saturated heterocycles. The highest BCUT2D eigenvalue weighted by atomic mass is 16.2. The molecule has 0 unspecified atom stereocenters. The predicted octanol–water partition coefficient (Wildman–Crippen LogP) is 2.98. The van der Waals surface area contributed by atoms with Gasteiger partial charge in [-0.05, 0) is 29.7 Å². The lowest BCUT2D eigenvalue weighted by Gasteiger charge is -2.17. The molecule has 0 atom stereocenters. The molecule has 0 radical (unpaired) electrons. The van der Waals surface area contributed by atoms with E-state index in [0.29, 0.717) is 12.2 Å². The third-order valence-corrected chi connectivity index (χ3v) is 3.81. The van der Waals surface area contributed by atoms with E-state index in [1.54, 1.807) is 23.2 Å². The van der Waals surface area contributed by atoms with Crippen LogP contribution in [0.5, 0.6) is 0 Å². The molecular weight excluding hydrogens is 262 g/mol. The zero-order valence-electron chi connectivity index (χ0n) is 11.3. The first kappa shape index (κ1) is 11.9. The molecule has 2 aromatic carbocycles. The fourth-order valence-electron chi connectivity index (χ4n) is 2.88. The van der Waals surface area contributed by atoms with Gasteiger partial charge in [-0.25, -0.2) is 0 Å². The molecule has 0 aliphatic carbocycles. The number of nitrogens with zero attached hydrogens (tertiary/aromatic N) is 2. The largest absolute Gasteiger partial charge is 0.399 e. The summed E-state index contributed by atoms with van der Waals surface area (Å²) in [6.07, 6.45) is 1.67. The number of rotatable bonds is 2. The van der Waals surface area contributed by atoms with Crippen LogP contribution in [-0.2, 0) is 6.54 Å². The molecule has 0 bridgehead atoms. The summed E-state index contributed by atoms with van der Waals surface area (Å²) in [6, 6.07) is 15.3. The van der Waals surface area contributed by atoms with Crippen molar-refractivity contribution in [1.82, 2.24) is 4.98 Å². The molecule has 0 saturated carbocycles. The van der Waals surface area contributed by atoms with Crippen LogP contribution in [-0.4, -0.2) is 10.9 Å². The summed E-state index contributed by atoms with van der Waals surface area (Å²) in [4.78, 5) is 18.7. The number of carbonyl (C=O) groups excluding carboxylic acids is 1. The zero-order valence-corrected chi connectivity index (χ0v) is 11.3. The highest BCUT2D eigenvalue weighted by Gasteiger charge is 2.29. The highest BCUT2D eigenvalue weighted by Crippen LogP contribution is 2.37. The van der Waals surface area contributed by atoms with Crippen LogP contribution in [0.1, 0.15) is 16.1 Å². The quantitative estimate of drug-likeness (QED) is 0.782. The molecule has 102 valence electrons. The number of hydrogen-bond donors (Lipinski definition) is 1. The fraction of sp³-hybridized carbons (Fsp3) is 0.0588. The normalized spacial score (nSPS) is 13.1. The number of benzene rings is 2. The third kappa shape index (κ3) is 1.76. The van der Waals surface area contributed by atoms with Crippen molar-refractivity contribution in [2.45, 2.75) is 6.54 Å². The van der Waals surface area contributed by atoms with Crippen molar-refractivity contribution in [3.8, 4) is 0 Å². The summed E-state index contributed by atoms with van der Waals surface area (Å²) in [5.41, 5.74) is 8.92. The second-order valence-corrected chi connectivity index (χ2v) is 5.15. The van der Waals surface area contributed by atoms with E-state index < -0.39 is 0 Å². The lowest BCUT2D eigenvalue weighted by Crippen LogP contribution is -2.26. The number of amides is 1.